The number of benzene rings is 3. The van der Waals surface area contributed by atoms with Crippen LogP contribution < -0.4 is 25.4 Å². The molecule has 1 atom stereocenters. The maximum atomic E-state index is 14.6. The van der Waals surface area contributed by atoms with Crippen LogP contribution in [0.2, 0.25) is 0 Å². The Morgan fingerprint density at radius 1 is 0.917 bits per heavy atom. The summed E-state index contributed by atoms with van der Waals surface area (Å²) in [7, 11) is -3.13. The summed E-state index contributed by atoms with van der Waals surface area (Å²) in [6, 6.07) is 25.8. The van der Waals surface area contributed by atoms with Crippen LogP contribution in [0, 0.1) is 6.07 Å². The van der Waals surface area contributed by atoms with Gasteiger partial charge in [-0.05, 0) is 49.9 Å². The van der Waals surface area contributed by atoms with Gasteiger partial charge in [-0.2, -0.15) is 0 Å². The Labute approximate surface area is 223 Å². The Balaban J connectivity index is 0.000000338. The molecule has 1 unspecified atom stereocenters. The van der Waals surface area contributed by atoms with Crippen molar-refractivity contribution in [3.05, 3.63) is 96.9 Å². The number of allylic oxidation sites excluding steroid dienone is 2. The molecule has 0 aliphatic carbocycles. The first-order valence-corrected chi connectivity index (χ1v) is 12.6. The standard InChI is InChI=1S/C23H13NO3P.C5H8O2.Pt/c25-28-21-10-3-1-8-17(21)26-19-13-15(16-7-5-6-12-24-16)14-20(23(19)28)27-18-9-2-4-11-22(18)28;1-4(6)3-5(2)7;/h1-13H;3,6H,1-2H3;/q-1;;/b;4-3-;. The largest absolute Gasteiger partial charge is 0.512 e. The number of hydrogen-bond donors (Lipinski definition) is 1. The number of carbonyl (C=O) groups excluding carboxylic acids is 1. The van der Waals surface area contributed by atoms with Crippen LogP contribution in [0.15, 0.2) is 90.8 Å². The molecule has 1 aromatic heterocycles. The fourth-order valence-corrected chi connectivity index (χ4v) is 7.14. The molecule has 8 heteroatoms. The van der Waals surface area contributed by atoms with Gasteiger partial charge in [-0.3, -0.25) is 4.79 Å². The van der Waals surface area contributed by atoms with Crippen LogP contribution in [0.25, 0.3) is 11.3 Å². The number of para-hydroxylation sites is 2. The summed E-state index contributed by atoms with van der Waals surface area (Å²) >= 11 is 0. The summed E-state index contributed by atoms with van der Waals surface area (Å²) in [5.41, 5.74) is 1.49. The molecule has 0 fully saturated rings. The third-order valence-corrected chi connectivity index (χ3v) is 8.63. The Morgan fingerprint density at radius 3 is 2.08 bits per heavy atom. The van der Waals surface area contributed by atoms with Gasteiger partial charge in [0.1, 0.15) is 18.6 Å². The number of carbonyl (C=O) groups is 1. The van der Waals surface area contributed by atoms with Crippen molar-refractivity contribution >= 4 is 28.8 Å². The van der Waals surface area contributed by atoms with Crippen molar-refractivity contribution in [2.24, 2.45) is 0 Å². The summed E-state index contributed by atoms with van der Waals surface area (Å²) in [5, 5.41) is 10.3. The molecule has 184 valence electrons. The number of aromatic nitrogens is 1. The van der Waals surface area contributed by atoms with E-state index >= 15 is 0 Å². The second-order valence-corrected chi connectivity index (χ2v) is 10.7. The Hall–Kier alpha value is -3.46. The number of pyridine rings is 1. The van der Waals surface area contributed by atoms with Crippen LogP contribution >= 0.6 is 7.14 Å². The molecule has 0 saturated heterocycles. The predicted molar refractivity (Wildman–Crippen MR) is 135 cm³/mol. The van der Waals surface area contributed by atoms with Gasteiger partial charge in [0.2, 0.25) is 0 Å². The molecule has 1 N–H and O–H groups in total. The van der Waals surface area contributed by atoms with E-state index in [4.69, 9.17) is 14.6 Å². The van der Waals surface area contributed by atoms with E-state index in [-0.39, 0.29) is 32.6 Å². The van der Waals surface area contributed by atoms with Crippen LogP contribution in [0.1, 0.15) is 13.8 Å². The molecule has 0 spiro atoms. The molecule has 0 radical (unpaired) electrons. The first kappa shape index (κ1) is 25.6. The molecule has 6 nitrogen and oxygen atoms in total. The average Bonchev–Trinajstić information content (AvgIpc) is 2.84. The number of ether oxygens (including phenoxy) is 2. The molecular weight excluding hydrogens is 656 g/mol. The smallest absolute Gasteiger partial charge is 0.155 e. The van der Waals surface area contributed by atoms with E-state index in [2.05, 4.69) is 11.1 Å². The average molecular weight is 678 g/mol. The number of fused-ring (bicyclic) bond motifs is 4. The minimum atomic E-state index is -3.13. The van der Waals surface area contributed by atoms with Crippen LogP contribution in [-0.4, -0.2) is 15.9 Å². The van der Waals surface area contributed by atoms with E-state index in [1.165, 1.54) is 19.9 Å². The van der Waals surface area contributed by atoms with Crippen LogP contribution in [0.5, 0.6) is 23.0 Å². The number of aliphatic hydroxyl groups excluding tert-OH is 1. The van der Waals surface area contributed by atoms with Gasteiger partial charge in [0, 0.05) is 38.6 Å². The molecule has 36 heavy (non-hydrogen) atoms. The van der Waals surface area contributed by atoms with Gasteiger partial charge in [0.05, 0.1) is 27.9 Å². The fourth-order valence-electron chi connectivity index (χ4n) is 4.14. The Morgan fingerprint density at radius 2 is 1.53 bits per heavy atom. The Kier molecular flexibility index (Phi) is 7.30. The molecule has 3 heterocycles. The minimum Gasteiger partial charge on any atom is -0.512 e. The van der Waals surface area contributed by atoms with Gasteiger partial charge >= 0.3 is 0 Å². The van der Waals surface area contributed by atoms with Crippen molar-refractivity contribution in [3.63, 3.8) is 0 Å². The number of nitrogens with zero attached hydrogens (tertiary/aromatic N) is 1. The molecular formula is C28H21NO5PPt-. The number of aliphatic hydroxyl groups is 1. The zero-order chi connectivity index (χ0) is 24.6. The first-order chi connectivity index (χ1) is 16.9. The zero-order valence-electron chi connectivity index (χ0n) is 19.4. The SMILES string of the molecule is CC(=O)/C=C(/C)O.O=P12c3ccccc3Oc3[c-]c(-c4ccccn4)cc(c31)Oc1ccccc12.[Pt]. The number of rotatable bonds is 2. The zero-order valence-corrected chi connectivity index (χ0v) is 22.5. The normalized spacial score (nSPS) is 16.3. The van der Waals surface area contributed by atoms with Crippen molar-refractivity contribution in [2.45, 2.75) is 13.8 Å². The summed E-state index contributed by atoms with van der Waals surface area (Å²) in [6.45, 7) is 2.85. The second kappa shape index (κ2) is 10.3. The number of hydrogen-bond acceptors (Lipinski definition) is 6. The predicted octanol–water partition coefficient (Wildman–Crippen LogP) is 5.43. The maximum Gasteiger partial charge on any atom is 0.155 e. The molecule has 4 aromatic rings. The minimum absolute atomic E-state index is 0. The number of ketones is 1. The summed E-state index contributed by atoms with van der Waals surface area (Å²) in [6.07, 6.45) is 2.89. The van der Waals surface area contributed by atoms with E-state index < -0.39 is 7.14 Å². The third kappa shape index (κ3) is 4.55. The van der Waals surface area contributed by atoms with E-state index in [1.807, 2.05) is 72.8 Å². The molecule has 2 aliphatic rings. The first-order valence-electron chi connectivity index (χ1n) is 10.9. The summed E-state index contributed by atoms with van der Waals surface area (Å²) < 4.78 is 26.9. The fraction of sp³-hybridized carbons (Fsp3) is 0.0714. The topological polar surface area (TPSA) is 85.7 Å². The monoisotopic (exact) mass is 677 g/mol. The summed E-state index contributed by atoms with van der Waals surface area (Å²) in [5.74, 6) is 2.11. The van der Waals surface area contributed by atoms with Crippen molar-refractivity contribution in [1.29, 1.82) is 0 Å². The third-order valence-electron chi connectivity index (χ3n) is 5.48. The van der Waals surface area contributed by atoms with Crippen molar-refractivity contribution in [3.8, 4) is 34.3 Å². The maximum absolute atomic E-state index is 14.6. The quantitative estimate of drug-likeness (QED) is 0.114. The van der Waals surface area contributed by atoms with Crippen molar-refractivity contribution in [1.82, 2.24) is 4.98 Å². The van der Waals surface area contributed by atoms with E-state index in [9.17, 15) is 9.36 Å². The van der Waals surface area contributed by atoms with Crippen molar-refractivity contribution < 1.29 is 45.0 Å². The summed E-state index contributed by atoms with van der Waals surface area (Å²) in [4.78, 5) is 14.4. The second-order valence-electron chi connectivity index (χ2n) is 8.09. The van der Waals surface area contributed by atoms with Gasteiger partial charge in [-0.1, -0.05) is 48.5 Å². The van der Waals surface area contributed by atoms with Gasteiger partial charge in [0.25, 0.3) is 0 Å². The van der Waals surface area contributed by atoms with E-state index in [0.29, 0.717) is 38.9 Å². The molecule has 0 bridgehead atoms. The van der Waals surface area contributed by atoms with E-state index in [0.717, 1.165) is 11.3 Å². The van der Waals surface area contributed by atoms with Crippen LogP contribution in [0.4, 0.5) is 0 Å². The van der Waals surface area contributed by atoms with E-state index in [1.54, 1.807) is 6.20 Å². The van der Waals surface area contributed by atoms with Gasteiger partial charge < -0.3 is 24.1 Å². The van der Waals surface area contributed by atoms with Gasteiger partial charge in [-0.25, -0.2) is 0 Å². The molecule has 2 aliphatic heterocycles. The molecule has 0 saturated carbocycles. The molecule has 6 rings (SSSR count). The van der Waals surface area contributed by atoms with Gasteiger partial charge in [0.15, 0.2) is 5.78 Å². The van der Waals surface area contributed by atoms with Crippen molar-refractivity contribution in [2.75, 3.05) is 0 Å². The Bertz CT molecular complexity index is 1460. The molecule has 3 aromatic carbocycles. The molecule has 0 amide bonds. The van der Waals surface area contributed by atoms with Gasteiger partial charge in [-0.15, -0.1) is 5.56 Å². The van der Waals surface area contributed by atoms with Crippen LogP contribution in [0.3, 0.4) is 0 Å². The van der Waals surface area contributed by atoms with Crippen LogP contribution in [-0.2, 0) is 30.4 Å².